The maximum atomic E-state index is 5.57. The van der Waals surface area contributed by atoms with E-state index in [0.717, 1.165) is 22.2 Å². The van der Waals surface area contributed by atoms with Gasteiger partial charge in [0.1, 0.15) is 18.7 Å². The summed E-state index contributed by atoms with van der Waals surface area (Å²) in [7, 11) is 0. The standard InChI is InChI=1S/C11H8N2O/c1-2-8-3-4-10-9(6-12-7-13-10)11(8)14-5-1/h1-4,6-7H,5H2. The lowest BCUT2D eigenvalue weighted by atomic mass is 10.1. The summed E-state index contributed by atoms with van der Waals surface area (Å²) in [5, 5.41) is 0.981. The molecule has 0 spiro atoms. The maximum Gasteiger partial charge on any atom is 0.137 e. The quantitative estimate of drug-likeness (QED) is 0.628. The van der Waals surface area contributed by atoms with Crippen molar-refractivity contribution in [1.29, 1.82) is 0 Å². The van der Waals surface area contributed by atoms with Crippen LogP contribution in [0.25, 0.3) is 17.0 Å². The van der Waals surface area contributed by atoms with Crippen molar-refractivity contribution in [1.82, 2.24) is 9.97 Å². The average Bonchev–Trinajstić information content (AvgIpc) is 2.29. The minimum Gasteiger partial charge on any atom is -0.488 e. The van der Waals surface area contributed by atoms with Crippen molar-refractivity contribution in [3.63, 3.8) is 0 Å². The van der Waals surface area contributed by atoms with E-state index in [9.17, 15) is 0 Å². The molecule has 0 saturated heterocycles. The number of nitrogens with zero attached hydrogens (tertiary/aromatic N) is 2. The molecule has 0 bridgehead atoms. The lowest BCUT2D eigenvalue weighted by Crippen LogP contribution is -2.01. The highest BCUT2D eigenvalue weighted by atomic mass is 16.5. The molecule has 0 N–H and O–H groups in total. The van der Waals surface area contributed by atoms with Crippen LogP contribution in [0.3, 0.4) is 0 Å². The van der Waals surface area contributed by atoms with Crippen molar-refractivity contribution in [2.24, 2.45) is 0 Å². The molecule has 3 rings (SSSR count). The first-order valence-electron chi connectivity index (χ1n) is 4.47. The van der Waals surface area contributed by atoms with Gasteiger partial charge in [-0.05, 0) is 18.2 Å². The zero-order chi connectivity index (χ0) is 9.38. The molecule has 0 saturated carbocycles. The summed E-state index contributed by atoms with van der Waals surface area (Å²) in [4.78, 5) is 8.18. The van der Waals surface area contributed by atoms with Gasteiger partial charge in [0.15, 0.2) is 0 Å². The summed E-state index contributed by atoms with van der Waals surface area (Å²) >= 11 is 0. The second-order valence-corrected chi connectivity index (χ2v) is 3.15. The molecule has 68 valence electrons. The van der Waals surface area contributed by atoms with E-state index in [1.165, 1.54) is 0 Å². The number of rotatable bonds is 0. The molecular weight excluding hydrogens is 176 g/mol. The fourth-order valence-corrected chi connectivity index (χ4v) is 1.65. The first kappa shape index (κ1) is 7.50. The monoisotopic (exact) mass is 184 g/mol. The second-order valence-electron chi connectivity index (χ2n) is 3.15. The van der Waals surface area contributed by atoms with Crippen molar-refractivity contribution < 1.29 is 4.74 Å². The van der Waals surface area contributed by atoms with Crippen molar-refractivity contribution >= 4 is 17.0 Å². The van der Waals surface area contributed by atoms with Gasteiger partial charge >= 0.3 is 0 Å². The van der Waals surface area contributed by atoms with Gasteiger partial charge in [0.25, 0.3) is 0 Å². The third-order valence-corrected chi connectivity index (χ3v) is 2.29. The summed E-state index contributed by atoms with van der Waals surface area (Å²) < 4.78 is 5.57. The minimum absolute atomic E-state index is 0.626. The molecule has 0 atom stereocenters. The smallest absolute Gasteiger partial charge is 0.137 e. The number of benzene rings is 1. The molecule has 0 unspecified atom stereocenters. The molecule has 1 aromatic carbocycles. The summed E-state index contributed by atoms with van der Waals surface area (Å²) in [6, 6.07) is 4.00. The van der Waals surface area contributed by atoms with E-state index in [2.05, 4.69) is 16.0 Å². The zero-order valence-electron chi connectivity index (χ0n) is 7.47. The fraction of sp³-hybridized carbons (Fsp3) is 0.0909. The van der Waals surface area contributed by atoms with Crippen molar-refractivity contribution in [3.05, 3.63) is 36.3 Å². The topological polar surface area (TPSA) is 35.0 Å². The number of ether oxygens (including phenoxy) is 1. The Kier molecular flexibility index (Phi) is 1.50. The molecule has 2 heterocycles. The highest BCUT2D eigenvalue weighted by Gasteiger charge is 2.09. The van der Waals surface area contributed by atoms with Crippen LogP contribution in [0, 0.1) is 0 Å². The molecule has 3 nitrogen and oxygen atoms in total. The van der Waals surface area contributed by atoms with Gasteiger partial charge in [-0.15, -0.1) is 0 Å². The molecule has 1 aliphatic heterocycles. The number of aromatic nitrogens is 2. The number of hydrogen-bond donors (Lipinski definition) is 0. The van der Waals surface area contributed by atoms with E-state index < -0.39 is 0 Å². The SMILES string of the molecule is C1=Cc2ccc3ncncc3c2OC1. The first-order chi connectivity index (χ1) is 6.95. The van der Waals surface area contributed by atoms with E-state index in [-0.39, 0.29) is 0 Å². The van der Waals surface area contributed by atoms with Gasteiger partial charge in [0.05, 0.1) is 10.9 Å². The zero-order valence-corrected chi connectivity index (χ0v) is 7.47. The molecule has 0 fully saturated rings. The van der Waals surface area contributed by atoms with E-state index in [0.29, 0.717) is 6.61 Å². The average molecular weight is 184 g/mol. The second kappa shape index (κ2) is 2.80. The molecule has 3 heteroatoms. The summed E-state index contributed by atoms with van der Waals surface area (Å²) in [5.41, 5.74) is 2.02. The van der Waals surface area contributed by atoms with Crippen molar-refractivity contribution in [2.75, 3.05) is 6.61 Å². The van der Waals surface area contributed by atoms with Crippen LogP contribution in [0.2, 0.25) is 0 Å². The summed E-state index contributed by atoms with van der Waals surface area (Å²) in [6.07, 6.45) is 7.40. The Morgan fingerprint density at radius 1 is 1.29 bits per heavy atom. The van der Waals surface area contributed by atoms with Gasteiger partial charge < -0.3 is 4.74 Å². The minimum atomic E-state index is 0.626. The number of fused-ring (bicyclic) bond motifs is 3. The molecular formula is C11H8N2O. The van der Waals surface area contributed by atoms with Crippen LogP contribution in [0.15, 0.2) is 30.7 Å². The Labute approximate surface area is 81.1 Å². The van der Waals surface area contributed by atoms with Crippen molar-refractivity contribution in [3.8, 4) is 5.75 Å². The first-order valence-corrected chi connectivity index (χ1v) is 4.47. The molecule has 1 aliphatic rings. The third-order valence-electron chi connectivity index (χ3n) is 2.29. The van der Waals surface area contributed by atoms with Gasteiger partial charge in [-0.2, -0.15) is 0 Å². The van der Waals surface area contributed by atoms with Gasteiger partial charge in [0.2, 0.25) is 0 Å². The highest BCUT2D eigenvalue weighted by molar-refractivity contribution is 5.88. The van der Waals surface area contributed by atoms with E-state index >= 15 is 0 Å². The molecule has 0 amide bonds. The Hall–Kier alpha value is -1.90. The molecule has 1 aromatic heterocycles. The fourth-order valence-electron chi connectivity index (χ4n) is 1.65. The van der Waals surface area contributed by atoms with Gasteiger partial charge in [0, 0.05) is 11.8 Å². The highest BCUT2D eigenvalue weighted by Crippen LogP contribution is 2.31. The Balaban J connectivity index is 2.41. The van der Waals surface area contributed by atoms with Crippen molar-refractivity contribution in [2.45, 2.75) is 0 Å². The lowest BCUT2D eigenvalue weighted by Gasteiger charge is -2.13. The van der Waals surface area contributed by atoms with Gasteiger partial charge in [-0.3, -0.25) is 0 Å². The number of hydrogen-bond acceptors (Lipinski definition) is 3. The predicted molar refractivity (Wildman–Crippen MR) is 54.1 cm³/mol. The van der Waals surface area contributed by atoms with Crippen LogP contribution in [0.1, 0.15) is 5.56 Å². The van der Waals surface area contributed by atoms with E-state index in [1.54, 1.807) is 12.5 Å². The predicted octanol–water partition coefficient (Wildman–Crippen LogP) is 2.04. The van der Waals surface area contributed by atoms with Crippen LogP contribution in [-0.2, 0) is 0 Å². The Morgan fingerprint density at radius 3 is 3.29 bits per heavy atom. The molecule has 14 heavy (non-hydrogen) atoms. The molecule has 2 aromatic rings. The molecule has 0 radical (unpaired) electrons. The largest absolute Gasteiger partial charge is 0.488 e. The van der Waals surface area contributed by atoms with Crippen LogP contribution in [-0.4, -0.2) is 16.6 Å². The van der Waals surface area contributed by atoms with Crippen LogP contribution < -0.4 is 4.74 Å². The summed E-state index contributed by atoms with van der Waals surface area (Å²) in [6.45, 7) is 0.626. The Bertz CT molecular complexity index is 520. The van der Waals surface area contributed by atoms with Crippen LogP contribution >= 0.6 is 0 Å². The van der Waals surface area contributed by atoms with Crippen LogP contribution in [0.5, 0.6) is 5.75 Å². The van der Waals surface area contributed by atoms with Crippen LogP contribution in [0.4, 0.5) is 0 Å². The van der Waals surface area contributed by atoms with Gasteiger partial charge in [-0.25, -0.2) is 9.97 Å². The lowest BCUT2D eigenvalue weighted by molar-refractivity contribution is 0.363. The maximum absolute atomic E-state index is 5.57. The normalized spacial score (nSPS) is 13.7. The molecule has 0 aliphatic carbocycles. The third kappa shape index (κ3) is 0.988. The van der Waals surface area contributed by atoms with Gasteiger partial charge in [-0.1, -0.05) is 6.08 Å². The van der Waals surface area contributed by atoms with E-state index in [1.807, 2.05) is 18.2 Å². The summed E-state index contributed by atoms with van der Waals surface area (Å²) in [5.74, 6) is 0.894. The van der Waals surface area contributed by atoms with E-state index in [4.69, 9.17) is 4.74 Å². The Morgan fingerprint density at radius 2 is 2.29 bits per heavy atom.